The number of nitrogens with one attached hydrogen (secondary N) is 2. The molecule has 0 aromatic heterocycles. The maximum Gasteiger partial charge on any atom is 0.191 e. The van der Waals surface area contributed by atoms with Gasteiger partial charge in [0.25, 0.3) is 0 Å². The molecule has 0 saturated heterocycles. The van der Waals surface area contributed by atoms with Crippen molar-refractivity contribution in [2.24, 2.45) is 16.8 Å². The van der Waals surface area contributed by atoms with Crippen molar-refractivity contribution in [3.8, 4) is 5.75 Å². The second kappa shape index (κ2) is 10.7. The number of hydrogen-bond acceptors (Lipinski definition) is 2. The number of ether oxygens (including phenoxy) is 1. The minimum Gasteiger partial charge on any atom is -0.493 e. The Hall–Kier alpha value is -0.980. The lowest BCUT2D eigenvalue weighted by molar-refractivity contribution is 0.286. The second-order valence-corrected chi connectivity index (χ2v) is 6.39. The number of halogens is 1. The fraction of sp³-hybridized carbons (Fsp3) is 0.611. The van der Waals surface area contributed by atoms with E-state index >= 15 is 0 Å². The van der Waals surface area contributed by atoms with E-state index in [4.69, 9.17) is 4.74 Å². The first-order valence-electron chi connectivity index (χ1n) is 8.34. The summed E-state index contributed by atoms with van der Waals surface area (Å²) in [6, 6.07) is 8.21. The van der Waals surface area contributed by atoms with Crippen molar-refractivity contribution >= 4 is 29.9 Å². The predicted octanol–water partition coefficient (Wildman–Crippen LogP) is 3.80. The fourth-order valence-electron chi connectivity index (χ4n) is 2.16. The highest BCUT2D eigenvalue weighted by Gasteiger charge is 2.21. The molecule has 0 unspecified atom stereocenters. The fourth-order valence-corrected chi connectivity index (χ4v) is 2.16. The van der Waals surface area contributed by atoms with Crippen LogP contribution in [-0.4, -0.2) is 26.2 Å². The number of benzene rings is 1. The van der Waals surface area contributed by atoms with Crippen molar-refractivity contribution in [3.05, 3.63) is 29.8 Å². The molecule has 23 heavy (non-hydrogen) atoms. The van der Waals surface area contributed by atoms with E-state index in [1.54, 1.807) is 0 Å². The number of hydrogen-bond donors (Lipinski definition) is 2. The first-order chi connectivity index (χ1) is 10.7. The standard InChI is InChI=1S/C18H29N3O.HI/c1-14(2)10-11-22-17-7-5-4-6-16(17)13-21-18(19-3)20-12-15-8-9-15;/h4-7,14-15H,8-13H2,1-3H3,(H2,19,20,21);1H. The average molecular weight is 431 g/mol. The summed E-state index contributed by atoms with van der Waals surface area (Å²) in [7, 11) is 1.81. The van der Waals surface area contributed by atoms with Crippen molar-refractivity contribution in [2.75, 3.05) is 20.2 Å². The molecule has 1 aliphatic rings. The highest BCUT2D eigenvalue weighted by molar-refractivity contribution is 14.0. The van der Waals surface area contributed by atoms with E-state index in [1.807, 2.05) is 25.2 Å². The van der Waals surface area contributed by atoms with Crippen molar-refractivity contribution < 1.29 is 4.74 Å². The van der Waals surface area contributed by atoms with Gasteiger partial charge in [0.15, 0.2) is 5.96 Å². The molecule has 5 heteroatoms. The Morgan fingerprint density at radius 2 is 2.00 bits per heavy atom. The molecule has 2 rings (SSSR count). The molecule has 0 aliphatic heterocycles. The van der Waals surface area contributed by atoms with Crippen LogP contribution in [-0.2, 0) is 6.54 Å². The van der Waals surface area contributed by atoms with Gasteiger partial charge in [-0.1, -0.05) is 32.0 Å². The summed E-state index contributed by atoms with van der Waals surface area (Å²) >= 11 is 0. The molecular weight excluding hydrogens is 401 g/mol. The molecule has 1 aromatic rings. The second-order valence-electron chi connectivity index (χ2n) is 6.39. The van der Waals surface area contributed by atoms with Crippen molar-refractivity contribution in [1.82, 2.24) is 10.6 Å². The third-order valence-electron chi connectivity index (χ3n) is 3.85. The van der Waals surface area contributed by atoms with Gasteiger partial charge in [-0.2, -0.15) is 0 Å². The molecule has 130 valence electrons. The molecule has 1 aliphatic carbocycles. The molecule has 0 atom stereocenters. The van der Waals surface area contributed by atoms with Crippen LogP contribution >= 0.6 is 24.0 Å². The van der Waals surface area contributed by atoms with Crippen LogP contribution in [0, 0.1) is 11.8 Å². The van der Waals surface area contributed by atoms with Gasteiger partial charge in [0.05, 0.1) is 6.61 Å². The molecule has 0 spiro atoms. The maximum absolute atomic E-state index is 5.92. The van der Waals surface area contributed by atoms with Crippen molar-refractivity contribution in [1.29, 1.82) is 0 Å². The largest absolute Gasteiger partial charge is 0.493 e. The molecule has 0 amide bonds. The quantitative estimate of drug-likeness (QED) is 0.374. The van der Waals surface area contributed by atoms with Gasteiger partial charge >= 0.3 is 0 Å². The zero-order valence-electron chi connectivity index (χ0n) is 14.5. The van der Waals surface area contributed by atoms with E-state index in [-0.39, 0.29) is 24.0 Å². The smallest absolute Gasteiger partial charge is 0.191 e. The molecule has 1 saturated carbocycles. The third-order valence-corrected chi connectivity index (χ3v) is 3.85. The highest BCUT2D eigenvalue weighted by Crippen LogP contribution is 2.27. The predicted molar refractivity (Wildman–Crippen MR) is 108 cm³/mol. The SMILES string of the molecule is CN=C(NCc1ccccc1OCCC(C)C)NCC1CC1.I. The minimum atomic E-state index is 0. The molecule has 4 nitrogen and oxygen atoms in total. The summed E-state index contributed by atoms with van der Waals surface area (Å²) in [5.74, 6) is 3.33. The Bertz CT molecular complexity index is 487. The van der Waals surface area contributed by atoms with Crippen LogP contribution in [0.25, 0.3) is 0 Å². The van der Waals surface area contributed by atoms with Crippen LogP contribution < -0.4 is 15.4 Å². The number of rotatable bonds is 8. The molecule has 0 radical (unpaired) electrons. The Morgan fingerprint density at radius 1 is 1.26 bits per heavy atom. The van der Waals surface area contributed by atoms with Crippen LogP contribution in [0.15, 0.2) is 29.3 Å². The molecular formula is C18H30IN3O. The lowest BCUT2D eigenvalue weighted by Crippen LogP contribution is -2.37. The molecule has 0 bridgehead atoms. The van der Waals surface area contributed by atoms with E-state index in [1.165, 1.54) is 18.4 Å². The topological polar surface area (TPSA) is 45.7 Å². The first-order valence-corrected chi connectivity index (χ1v) is 8.34. The average Bonchev–Trinajstić information content (AvgIpc) is 3.32. The Labute approximate surface area is 157 Å². The van der Waals surface area contributed by atoms with Crippen LogP contribution in [0.3, 0.4) is 0 Å². The zero-order valence-corrected chi connectivity index (χ0v) is 16.8. The lowest BCUT2D eigenvalue weighted by atomic mass is 10.1. The summed E-state index contributed by atoms with van der Waals surface area (Å²) < 4.78 is 5.92. The lowest BCUT2D eigenvalue weighted by Gasteiger charge is -2.15. The van der Waals surface area contributed by atoms with Crippen molar-refractivity contribution in [2.45, 2.75) is 39.7 Å². The van der Waals surface area contributed by atoms with Gasteiger partial charge in [-0.05, 0) is 37.2 Å². The number of aliphatic imine (C=N–C) groups is 1. The summed E-state index contributed by atoms with van der Waals surface area (Å²) in [6.45, 7) is 6.94. The van der Waals surface area contributed by atoms with Gasteiger partial charge in [0, 0.05) is 25.7 Å². The Morgan fingerprint density at radius 3 is 2.65 bits per heavy atom. The zero-order chi connectivity index (χ0) is 15.8. The van der Waals surface area contributed by atoms with Gasteiger partial charge in [-0.3, -0.25) is 4.99 Å². The van der Waals surface area contributed by atoms with Crippen LogP contribution in [0.4, 0.5) is 0 Å². The maximum atomic E-state index is 5.92. The summed E-state index contributed by atoms with van der Waals surface area (Å²) in [6.07, 6.45) is 3.76. The van der Waals surface area contributed by atoms with Gasteiger partial charge in [0.2, 0.25) is 0 Å². The van der Waals surface area contributed by atoms with E-state index in [0.29, 0.717) is 5.92 Å². The number of nitrogens with zero attached hydrogens (tertiary/aromatic N) is 1. The number of para-hydroxylation sites is 1. The van der Waals surface area contributed by atoms with Crippen LogP contribution in [0.2, 0.25) is 0 Å². The van der Waals surface area contributed by atoms with E-state index < -0.39 is 0 Å². The van der Waals surface area contributed by atoms with Crippen LogP contribution in [0.1, 0.15) is 38.7 Å². The van der Waals surface area contributed by atoms with Crippen molar-refractivity contribution in [3.63, 3.8) is 0 Å². The first kappa shape index (κ1) is 20.1. The Balaban J connectivity index is 0.00000264. The molecule has 0 heterocycles. The third kappa shape index (κ3) is 7.90. The van der Waals surface area contributed by atoms with Gasteiger partial charge in [-0.25, -0.2) is 0 Å². The summed E-state index contributed by atoms with van der Waals surface area (Å²) in [5.41, 5.74) is 1.17. The molecule has 2 N–H and O–H groups in total. The highest BCUT2D eigenvalue weighted by atomic mass is 127. The molecule has 1 aromatic carbocycles. The van der Waals surface area contributed by atoms with Crippen LogP contribution in [0.5, 0.6) is 5.75 Å². The van der Waals surface area contributed by atoms with Gasteiger partial charge < -0.3 is 15.4 Å². The van der Waals surface area contributed by atoms with E-state index in [0.717, 1.165) is 43.7 Å². The normalized spacial score (nSPS) is 14.3. The minimum absolute atomic E-state index is 0. The monoisotopic (exact) mass is 431 g/mol. The Kier molecular flexibility index (Phi) is 9.36. The number of guanidine groups is 1. The summed E-state index contributed by atoms with van der Waals surface area (Å²) in [4.78, 5) is 4.27. The van der Waals surface area contributed by atoms with E-state index in [2.05, 4.69) is 35.5 Å². The molecule has 1 fully saturated rings. The van der Waals surface area contributed by atoms with E-state index in [9.17, 15) is 0 Å². The summed E-state index contributed by atoms with van der Waals surface area (Å²) in [5, 5.41) is 6.74. The van der Waals surface area contributed by atoms with Gasteiger partial charge in [0.1, 0.15) is 5.75 Å². The van der Waals surface area contributed by atoms with Gasteiger partial charge in [-0.15, -0.1) is 24.0 Å².